The summed E-state index contributed by atoms with van der Waals surface area (Å²) in [7, 11) is 0. The van der Waals surface area contributed by atoms with E-state index in [0.29, 0.717) is 12.0 Å². The molecule has 0 spiro atoms. The molecule has 2 fully saturated rings. The molecule has 0 saturated carbocycles. The maximum Gasteiger partial charge on any atom is 0.246 e. The zero-order valence-corrected chi connectivity index (χ0v) is 18.0. The number of halogens is 2. The molecule has 2 saturated heterocycles. The molecule has 7 nitrogen and oxygen atoms in total. The van der Waals surface area contributed by atoms with E-state index in [0.717, 1.165) is 68.8 Å². The largest absolute Gasteiger partial charge is 0.380 e. The van der Waals surface area contributed by atoms with Crippen LogP contribution in [0.3, 0.4) is 0 Å². The Bertz CT molecular complexity index is 1080. The first-order chi connectivity index (χ1) is 15.5. The van der Waals surface area contributed by atoms with Crippen molar-refractivity contribution in [2.75, 3.05) is 49.6 Å². The van der Waals surface area contributed by atoms with Gasteiger partial charge in [-0.05, 0) is 49.2 Å². The molecule has 3 aromatic rings. The van der Waals surface area contributed by atoms with Gasteiger partial charge in [0, 0.05) is 57.7 Å². The zero-order chi connectivity index (χ0) is 22.1. The molecule has 5 rings (SSSR count). The third-order valence-electron chi connectivity index (χ3n) is 6.02. The Kier molecular flexibility index (Phi) is 5.75. The summed E-state index contributed by atoms with van der Waals surface area (Å²) in [6, 6.07) is 10.1. The minimum atomic E-state index is -0.658. The molecule has 2 aromatic carbocycles. The topological polar surface area (TPSA) is 58.5 Å². The number of nitrogens with one attached hydrogen (secondary N) is 1. The van der Waals surface area contributed by atoms with Crippen LogP contribution in [-0.2, 0) is 4.74 Å². The monoisotopic (exact) mass is 442 g/mol. The summed E-state index contributed by atoms with van der Waals surface area (Å²) in [5.41, 5.74) is 3.43. The second kappa shape index (κ2) is 8.84. The SMILES string of the molecule is Cc1cc(Nc2ncn(-c3cc(F)cc(F)c3)n2)cc(N2CCN([C@@H]3CCOC3)CC2)c1.[HH]. The van der Waals surface area contributed by atoms with Gasteiger partial charge in [0.05, 0.1) is 12.3 Å². The molecule has 32 heavy (non-hydrogen) atoms. The van der Waals surface area contributed by atoms with Gasteiger partial charge in [0.1, 0.15) is 18.0 Å². The van der Waals surface area contributed by atoms with Gasteiger partial charge >= 0.3 is 0 Å². The summed E-state index contributed by atoms with van der Waals surface area (Å²) in [6.07, 6.45) is 2.56. The average molecular weight is 443 g/mol. The molecule has 1 atom stereocenters. The van der Waals surface area contributed by atoms with Crippen LogP contribution in [0.15, 0.2) is 42.7 Å². The van der Waals surface area contributed by atoms with E-state index in [1.54, 1.807) is 0 Å². The van der Waals surface area contributed by atoms with Crippen LogP contribution in [0.4, 0.5) is 26.1 Å². The number of aromatic nitrogens is 3. The molecule has 0 aliphatic carbocycles. The van der Waals surface area contributed by atoms with E-state index in [2.05, 4.69) is 44.3 Å². The summed E-state index contributed by atoms with van der Waals surface area (Å²) in [5, 5.41) is 7.53. The maximum absolute atomic E-state index is 13.5. The van der Waals surface area contributed by atoms with Crippen molar-refractivity contribution < 1.29 is 14.9 Å². The summed E-state index contributed by atoms with van der Waals surface area (Å²) in [5.74, 6) is -0.958. The number of hydrogen-bond acceptors (Lipinski definition) is 6. The van der Waals surface area contributed by atoms with E-state index in [4.69, 9.17) is 4.74 Å². The average Bonchev–Trinajstić information content (AvgIpc) is 3.45. The van der Waals surface area contributed by atoms with E-state index in [-0.39, 0.29) is 7.11 Å². The van der Waals surface area contributed by atoms with Gasteiger partial charge in [-0.25, -0.2) is 13.5 Å². The van der Waals surface area contributed by atoms with Crippen molar-refractivity contribution in [3.8, 4) is 5.69 Å². The van der Waals surface area contributed by atoms with Crippen LogP contribution >= 0.6 is 0 Å². The molecule has 1 aromatic heterocycles. The quantitative estimate of drug-likeness (QED) is 0.650. The number of rotatable bonds is 5. The number of benzene rings is 2. The van der Waals surface area contributed by atoms with Gasteiger partial charge in [-0.15, -0.1) is 5.10 Å². The number of aryl methyl sites for hydroxylation is 1. The molecule has 170 valence electrons. The molecule has 0 bridgehead atoms. The number of ether oxygens (including phenoxy) is 1. The summed E-state index contributed by atoms with van der Waals surface area (Å²) in [6.45, 7) is 7.77. The lowest BCUT2D eigenvalue weighted by Gasteiger charge is -2.38. The predicted octanol–water partition coefficient (Wildman–Crippen LogP) is 3.75. The van der Waals surface area contributed by atoms with Crippen LogP contribution in [-0.4, -0.2) is 65.1 Å². The third-order valence-corrected chi connectivity index (χ3v) is 6.02. The second-order valence-corrected chi connectivity index (χ2v) is 8.36. The first kappa shape index (κ1) is 20.8. The Morgan fingerprint density at radius 1 is 1.00 bits per heavy atom. The molecule has 2 aliphatic heterocycles. The van der Waals surface area contributed by atoms with Crippen molar-refractivity contribution in [2.45, 2.75) is 19.4 Å². The van der Waals surface area contributed by atoms with E-state index < -0.39 is 11.6 Å². The highest BCUT2D eigenvalue weighted by atomic mass is 19.1. The maximum atomic E-state index is 13.5. The third kappa shape index (κ3) is 4.58. The molecular formula is C23H28F2N6O. The molecule has 0 amide bonds. The van der Waals surface area contributed by atoms with Gasteiger partial charge in [-0.2, -0.15) is 4.98 Å². The summed E-state index contributed by atoms with van der Waals surface area (Å²) < 4.78 is 33.9. The normalized spacial score (nSPS) is 19.5. The smallest absolute Gasteiger partial charge is 0.246 e. The van der Waals surface area contributed by atoms with Crippen LogP contribution in [0.5, 0.6) is 0 Å². The van der Waals surface area contributed by atoms with Crippen molar-refractivity contribution in [1.29, 1.82) is 0 Å². The highest BCUT2D eigenvalue weighted by Crippen LogP contribution is 2.26. The van der Waals surface area contributed by atoms with Gasteiger partial charge in [0.25, 0.3) is 0 Å². The van der Waals surface area contributed by atoms with Crippen LogP contribution in [0, 0.1) is 18.6 Å². The van der Waals surface area contributed by atoms with Gasteiger partial charge in [-0.1, -0.05) is 0 Å². The van der Waals surface area contributed by atoms with Gasteiger partial charge in [0.2, 0.25) is 5.95 Å². The van der Waals surface area contributed by atoms with Crippen molar-refractivity contribution in [2.24, 2.45) is 0 Å². The fraction of sp³-hybridized carbons (Fsp3) is 0.391. The number of nitrogens with zero attached hydrogens (tertiary/aromatic N) is 5. The highest BCUT2D eigenvalue weighted by Gasteiger charge is 2.27. The van der Waals surface area contributed by atoms with Crippen LogP contribution in [0.1, 0.15) is 13.4 Å². The van der Waals surface area contributed by atoms with E-state index in [1.165, 1.54) is 23.1 Å². The predicted molar refractivity (Wildman–Crippen MR) is 121 cm³/mol. The lowest BCUT2D eigenvalue weighted by molar-refractivity contribution is 0.139. The second-order valence-electron chi connectivity index (χ2n) is 8.36. The van der Waals surface area contributed by atoms with E-state index >= 15 is 0 Å². The number of anilines is 3. The first-order valence-corrected chi connectivity index (χ1v) is 10.9. The molecule has 1 N–H and O–H groups in total. The number of hydrogen-bond donors (Lipinski definition) is 1. The van der Waals surface area contributed by atoms with Gasteiger partial charge < -0.3 is 15.0 Å². The van der Waals surface area contributed by atoms with Gasteiger partial charge in [0.15, 0.2) is 0 Å². The van der Waals surface area contributed by atoms with Crippen LogP contribution < -0.4 is 10.2 Å². The summed E-state index contributed by atoms with van der Waals surface area (Å²) >= 11 is 0. The van der Waals surface area contributed by atoms with Crippen LogP contribution in [0.2, 0.25) is 0 Å². The molecule has 9 heteroatoms. The lowest BCUT2D eigenvalue weighted by Crippen LogP contribution is -2.50. The Hall–Kier alpha value is -3.04. The zero-order valence-electron chi connectivity index (χ0n) is 18.0. The molecule has 3 heterocycles. The van der Waals surface area contributed by atoms with Crippen molar-refractivity contribution in [3.05, 3.63) is 59.9 Å². The van der Waals surface area contributed by atoms with Crippen LogP contribution in [0.25, 0.3) is 5.69 Å². The van der Waals surface area contributed by atoms with E-state index in [9.17, 15) is 8.78 Å². The Morgan fingerprint density at radius 3 is 2.50 bits per heavy atom. The molecule has 2 aliphatic rings. The lowest BCUT2D eigenvalue weighted by atomic mass is 10.1. The number of piperazine rings is 1. The fourth-order valence-corrected chi connectivity index (χ4v) is 4.42. The molecule has 0 unspecified atom stereocenters. The highest BCUT2D eigenvalue weighted by molar-refractivity contribution is 5.64. The summed E-state index contributed by atoms with van der Waals surface area (Å²) in [4.78, 5) is 9.16. The van der Waals surface area contributed by atoms with Gasteiger partial charge in [-0.3, -0.25) is 4.90 Å². The molecular weight excluding hydrogens is 414 g/mol. The van der Waals surface area contributed by atoms with Crippen molar-refractivity contribution >= 4 is 17.3 Å². The first-order valence-electron chi connectivity index (χ1n) is 10.9. The van der Waals surface area contributed by atoms with E-state index in [1.807, 2.05) is 6.07 Å². The Labute approximate surface area is 187 Å². The van der Waals surface area contributed by atoms with Crippen molar-refractivity contribution in [3.63, 3.8) is 0 Å². The van der Waals surface area contributed by atoms with Crippen molar-refractivity contribution in [1.82, 2.24) is 19.7 Å². The molecule has 0 radical (unpaired) electrons. The minimum absolute atomic E-state index is 0. The Morgan fingerprint density at radius 2 is 1.78 bits per heavy atom. The fourth-order valence-electron chi connectivity index (χ4n) is 4.42. The standard InChI is InChI=1S/C23H26F2N6O.H2/c1-16-8-19(27-23-26-15-31(28-23)22-11-17(24)10-18(25)12-22)13-21(9-16)30-5-3-29(4-6-30)20-2-7-32-14-20;/h8-13,15,20H,2-7,14H2,1H3,(H,27,28);1H/t20-;/m1./s1. The minimum Gasteiger partial charge on any atom is -0.380 e. The Balaban J connectivity index is 0.00000259.